The Kier molecular flexibility index (Phi) is 5.54. The molecule has 1 atom stereocenters. The minimum Gasteiger partial charge on any atom is -0.497 e. The number of nitrogens with zero attached hydrogens (tertiary/aromatic N) is 3. The van der Waals surface area contributed by atoms with Crippen LogP contribution in [-0.4, -0.2) is 48.3 Å². The molecular formula is C25H26FN3O4. The molecule has 172 valence electrons. The molecule has 0 radical (unpaired) electrons. The summed E-state index contributed by atoms with van der Waals surface area (Å²) < 4.78 is 27.0. The van der Waals surface area contributed by atoms with Crippen LogP contribution in [0.1, 0.15) is 24.0 Å². The summed E-state index contributed by atoms with van der Waals surface area (Å²) in [4.78, 5) is 15.3. The summed E-state index contributed by atoms with van der Waals surface area (Å²) in [5.41, 5.74) is 3.50. The molecule has 7 nitrogen and oxygen atoms in total. The van der Waals surface area contributed by atoms with Gasteiger partial charge in [0, 0.05) is 36.0 Å². The third-order valence-corrected chi connectivity index (χ3v) is 6.47. The molecule has 2 heterocycles. The highest BCUT2D eigenvalue weighted by atomic mass is 19.1. The lowest BCUT2D eigenvalue weighted by atomic mass is 10.0. The van der Waals surface area contributed by atoms with Gasteiger partial charge in [-0.05, 0) is 61.6 Å². The fourth-order valence-electron chi connectivity index (χ4n) is 4.75. The van der Waals surface area contributed by atoms with Gasteiger partial charge in [-0.3, -0.25) is 4.79 Å². The number of aliphatic hydroxyl groups is 1. The number of benzene rings is 2. The summed E-state index contributed by atoms with van der Waals surface area (Å²) in [5.74, 6) is 0.688. The molecule has 1 saturated heterocycles. The molecule has 1 aliphatic heterocycles. The summed E-state index contributed by atoms with van der Waals surface area (Å²) >= 11 is 0. The second kappa shape index (κ2) is 8.51. The molecular weight excluding hydrogens is 425 g/mol. The number of halogens is 1. The van der Waals surface area contributed by atoms with Gasteiger partial charge in [0.1, 0.15) is 23.0 Å². The Morgan fingerprint density at radius 2 is 1.79 bits per heavy atom. The van der Waals surface area contributed by atoms with Crippen LogP contribution in [0.3, 0.4) is 0 Å². The fourth-order valence-corrected chi connectivity index (χ4v) is 4.75. The molecule has 1 N–H and O–H groups in total. The summed E-state index contributed by atoms with van der Waals surface area (Å²) in [6.07, 6.45) is 2.46. The first-order valence-corrected chi connectivity index (χ1v) is 11.1. The van der Waals surface area contributed by atoms with Gasteiger partial charge in [-0.2, -0.15) is 9.78 Å². The van der Waals surface area contributed by atoms with Gasteiger partial charge in [-0.25, -0.2) is 4.39 Å². The molecule has 0 saturated carbocycles. The second-order valence-corrected chi connectivity index (χ2v) is 8.50. The Labute approximate surface area is 191 Å². The van der Waals surface area contributed by atoms with Crippen molar-refractivity contribution in [2.75, 3.05) is 32.2 Å². The van der Waals surface area contributed by atoms with Crippen LogP contribution in [0.4, 0.5) is 10.1 Å². The minimum absolute atomic E-state index is 0.102. The first-order valence-electron chi connectivity index (χ1n) is 11.1. The lowest BCUT2D eigenvalue weighted by Crippen LogP contribution is -2.27. The molecule has 1 aliphatic carbocycles. The molecule has 1 fully saturated rings. The summed E-state index contributed by atoms with van der Waals surface area (Å²) in [6, 6.07) is 10.1. The number of aromatic nitrogens is 2. The van der Waals surface area contributed by atoms with Crippen molar-refractivity contribution in [3.05, 3.63) is 63.7 Å². The van der Waals surface area contributed by atoms with Crippen LogP contribution >= 0.6 is 0 Å². The Bertz CT molecular complexity index is 1250. The number of aliphatic hydroxyl groups excluding tert-OH is 1. The maximum Gasteiger partial charge on any atom is 0.275 e. The molecule has 1 aromatic heterocycles. The number of anilines is 1. The van der Waals surface area contributed by atoms with Gasteiger partial charge in [-0.1, -0.05) is 0 Å². The third-order valence-electron chi connectivity index (χ3n) is 6.47. The van der Waals surface area contributed by atoms with Crippen LogP contribution in [0.2, 0.25) is 0 Å². The van der Waals surface area contributed by atoms with Gasteiger partial charge in [0.2, 0.25) is 0 Å². The predicted molar refractivity (Wildman–Crippen MR) is 123 cm³/mol. The zero-order chi connectivity index (χ0) is 23.1. The highest BCUT2D eigenvalue weighted by Crippen LogP contribution is 2.34. The topological polar surface area (TPSA) is 76.8 Å². The number of rotatable bonds is 5. The largest absolute Gasteiger partial charge is 0.497 e. The number of ether oxygens (including phenoxy) is 2. The van der Waals surface area contributed by atoms with E-state index in [1.165, 1.54) is 10.7 Å². The zero-order valence-electron chi connectivity index (χ0n) is 18.7. The van der Waals surface area contributed by atoms with Crippen molar-refractivity contribution in [3.63, 3.8) is 0 Å². The first-order chi connectivity index (χ1) is 16.0. The number of hydrogen-bond acceptors (Lipinski definition) is 6. The molecule has 2 aliphatic rings. The van der Waals surface area contributed by atoms with Gasteiger partial charge >= 0.3 is 0 Å². The van der Waals surface area contributed by atoms with E-state index in [0.29, 0.717) is 48.7 Å². The van der Waals surface area contributed by atoms with Crippen molar-refractivity contribution in [1.29, 1.82) is 0 Å². The Morgan fingerprint density at radius 1 is 1.06 bits per heavy atom. The van der Waals surface area contributed by atoms with Gasteiger partial charge in [0.05, 0.1) is 26.0 Å². The number of β-amino-alcohol motifs (C(OH)–C–C–N with tert-alkyl or cyclic N) is 1. The molecule has 33 heavy (non-hydrogen) atoms. The van der Waals surface area contributed by atoms with Gasteiger partial charge in [0.15, 0.2) is 0 Å². The van der Waals surface area contributed by atoms with E-state index < -0.39 is 11.9 Å². The standard InChI is InChI=1S/C25H26FN3O4/c1-32-18-10-15(11-19(13-18)33-2)24-20-4-3-5-21(20)25(31)29(27-24)23-12-16(6-7-22(23)26)28-9-8-17(30)14-28/h6-7,10-13,17,30H,3-5,8-9,14H2,1-2H3/t17-/m0/s1. The van der Waals surface area contributed by atoms with E-state index >= 15 is 4.39 Å². The number of fused-ring (bicyclic) bond motifs is 1. The average molecular weight is 451 g/mol. The van der Waals surface area contributed by atoms with E-state index in [0.717, 1.165) is 29.7 Å². The van der Waals surface area contributed by atoms with Crippen LogP contribution in [0.15, 0.2) is 41.2 Å². The number of methoxy groups -OCH3 is 2. The molecule has 0 unspecified atom stereocenters. The Hall–Kier alpha value is -3.39. The van der Waals surface area contributed by atoms with Gasteiger partial charge < -0.3 is 19.5 Å². The van der Waals surface area contributed by atoms with E-state index in [9.17, 15) is 9.90 Å². The molecule has 0 bridgehead atoms. The van der Waals surface area contributed by atoms with E-state index in [1.807, 2.05) is 17.0 Å². The van der Waals surface area contributed by atoms with Gasteiger partial charge in [0.25, 0.3) is 5.56 Å². The van der Waals surface area contributed by atoms with Crippen LogP contribution in [0.5, 0.6) is 11.5 Å². The molecule has 3 aromatic rings. The van der Waals surface area contributed by atoms with Crippen molar-refractivity contribution in [1.82, 2.24) is 9.78 Å². The Balaban J connectivity index is 1.69. The molecule has 0 spiro atoms. The second-order valence-electron chi connectivity index (χ2n) is 8.50. The third kappa shape index (κ3) is 3.84. The van der Waals surface area contributed by atoms with Crippen molar-refractivity contribution in [2.24, 2.45) is 0 Å². The fraction of sp³-hybridized carbons (Fsp3) is 0.360. The van der Waals surface area contributed by atoms with Crippen molar-refractivity contribution in [3.8, 4) is 28.4 Å². The van der Waals surface area contributed by atoms with Crippen molar-refractivity contribution in [2.45, 2.75) is 31.8 Å². The molecule has 5 rings (SSSR count). The zero-order valence-corrected chi connectivity index (χ0v) is 18.7. The van der Waals surface area contributed by atoms with Crippen LogP contribution in [-0.2, 0) is 12.8 Å². The lowest BCUT2D eigenvalue weighted by Gasteiger charge is -2.20. The average Bonchev–Trinajstić information content (AvgIpc) is 3.49. The minimum atomic E-state index is -0.528. The van der Waals surface area contributed by atoms with E-state index in [4.69, 9.17) is 9.47 Å². The Morgan fingerprint density at radius 3 is 2.45 bits per heavy atom. The van der Waals surface area contributed by atoms with Crippen LogP contribution < -0.4 is 19.9 Å². The monoisotopic (exact) mass is 451 g/mol. The highest BCUT2D eigenvalue weighted by molar-refractivity contribution is 5.69. The smallest absolute Gasteiger partial charge is 0.275 e. The van der Waals surface area contributed by atoms with Crippen molar-refractivity contribution >= 4 is 5.69 Å². The number of hydrogen-bond donors (Lipinski definition) is 1. The highest BCUT2D eigenvalue weighted by Gasteiger charge is 2.26. The molecule has 2 aromatic carbocycles. The van der Waals surface area contributed by atoms with E-state index in [2.05, 4.69) is 5.10 Å². The van der Waals surface area contributed by atoms with E-state index in [-0.39, 0.29) is 11.2 Å². The maximum absolute atomic E-state index is 15.0. The first kappa shape index (κ1) is 21.5. The normalized spacial score (nSPS) is 17.3. The SMILES string of the molecule is COc1cc(OC)cc(-c2nn(-c3cc(N4CC[C@H](O)C4)ccc3F)c(=O)c3c2CCC3)c1. The summed E-state index contributed by atoms with van der Waals surface area (Å²) in [6.45, 7) is 1.15. The predicted octanol–water partition coefficient (Wildman–Crippen LogP) is 3.12. The summed E-state index contributed by atoms with van der Waals surface area (Å²) in [5, 5.41) is 14.6. The van der Waals surface area contributed by atoms with Crippen LogP contribution in [0.25, 0.3) is 16.9 Å². The van der Waals surface area contributed by atoms with Crippen LogP contribution in [0, 0.1) is 5.82 Å². The molecule has 8 heteroatoms. The molecule has 0 amide bonds. The van der Waals surface area contributed by atoms with Crippen molar-refractivity contribution < 1.29 is 19.0 Å². The van der Waals surface area contributed by atoms with E-state index in [1.54, 1.807) is 32.4 Å². The van der Waals surface area contributed by atoms with Gasteiger partial charge in [-0.15, -0.1) is 0 Å². The summed E-state index contributed by atoms with van der Waals surface area (Å²) in [7, 11) is 3.15. The quantitative estimate of drug-likeness (QED) is 0.643. The lowest BCUT2D eigenvalue weighted by molar-refractivity contribution is 0.198. The maximum atomic E-state index is 15.0.